The van der Waals surface area contributed by atoms with Crippen LogP contribution in [0.25, 0.3) is 11.4 Å². The topological polar surface area (TPSA) is 51.6 Å². The highest BCUT2D eigenvalue weighted by Crippen LogP contribution is 2.31. The van der Waals surface area contributed by atoms with Crippen LogP contribution in [0.5, 0.6) is 0 Å². The second-order valence-electron chi connectivity index (χ2n) is 2.87. The zero-order chi connectivity index (χ0) is 10.8. The second kappa shape index (κ2) is 4.20. The summed E-state index contributed by atoms with van der Waals surface area (Å²) in [7, 11) is 0. The van der Waals surface area contributed by atoms with E-state index in [0.717, 1.165) is 4.47 Å². The fourth-order valence-electron chi connectivity index (χ4n) is 1.06. The van der Waals surface area contributed by atoms with Crippen molar-refractivity contribution in [3.8, 4) is 11.4 Å². The molecule has 0 saturated heterocycles. The van der Waals surface area contributed by atoms with Gasteiger partial charge in [-0.05, 0) is 35.0 Å². The number of nitrogens with zero attached hydrogens (tertiary/aromatic N) is 4. The predicted octanol–water partition coefficient (Wildman–Crippen LogP) is 2.66. The van der Waals surface area contributed by atoms with Crippen molar-refractivity contribution in [2.24, 2.45) is 0 Å². The van der Waals surface area contributed by atoms with Gasteiger partial charge in [0.25, 0.3) is 0 Å². The van der Waals surface area contributed by atoms with Gasteiger partial charge in [-0.25, -0.2) is 0 Å². The molecule has 0 fully saturated rings. The fraction of sp³-hybridized carbons (Fsp3) is 0.111. The zero-order valence-corrected chi connectivity index (χ0v) is 10.1. The number of rotatable bonds is 1. The lowest BCUT2D eigenvalue weighted by atomic mass is 10.2. The molecule has 0 radical (unpaired) electrons. The van der Waals surface area contributed by atoms with Crippen molar-refractivity contribution in [3.05, 3.63) is 33.5 Å². The largest absolute Gasteiger partial charge is 0.205 e. The van der Waals surface area contributed by atoms with Crippen molar-refractivity contribution in [3.63, 3.8) is 0 Å². The summed E-state index contributed by atoms with van der Waals surface area (Å²) in [6.07, 6.45) is 0. The highest BCUT2D eigenvalue weighted by atomic mass is 79.9. The summed E-state index contributed by atoms with van der Waals surface area (Å²) in [5.74, 6) is 0.955. The third-order valence-electron chi connectivity index (χ3n) is 1.77. The van der Waals surface area contributed by atoms with Gasteiger partial charge in [0.1, 0.15) is 0 Å². The molecular formula is C9H6BrClN4. The number of hydrogen-bond donors (Lipinski definition) is 0. The molecule has 0 spiro atoms. The van der Waals surface area contributed by atoms with E-state index in [2.05, 4.69) is 36.3 Å². The predicted molar refractivity (Wildman–Crippen MR) is 60.5 cm³/mol. The number of hydrogen-bond acceptors (Lipinski definition) is 4. The molecule has 76 valence electrons. The van der Waals surface area contributed by atoms with Gasteiger partial charge >= 0.3 is 0 Å². The maximum atomic E-state index is 6.09. The van der Waals surface area contributed by atoms with E-state index in [1.807, 2.05) is 18.2 Å². The smallest absolute Gasteiger partial charge is 0.131 e. The molecule has 2 aromatic rings. The van der Waals surface area contributed by atoms with Gasteiger partial charge in [0.05, 0.1) is 5.02 Å². The molecule has 0 amide bonds. The van der Waals surface area contributed by atoms with Crippen molar-refractivity contribution < 1.29 is 0 Å². The standard InChI is InChI=1S/C9H6BrClN4/c1-5-12-14-9(15-13-5)6-3-2-4-7(10)8(6)11/h2-4H,1H3. The van der Waals surface area contributed by atoms with Crippen molar-refractivity contribution in [1.82, 2.24) is 20.4 Å². The van der Waals surface area contributed by atoms with Crippen LogP contribution in [-0.2, 0) is 0 Å². The second-order valence-corrected chi connectivity index (χ2v) is 4.10. The lowest BCUT2D eigenvalue weighted by molar-refractivity contribution is 0.816. The van der Waals surface area contributed by atoms with Crippen molar-refractivity contribution >= 4 is 27.5 Å². The van der Waals surface area contributed by atoms with Gasteiger partial charge in [0.15, 0.2) is 5.82 Å². The highest BCUT2D eigenvalue weighted by molar-refractivity contribution is 9.10. The van der Waals surface area contributed by atoms with Crippen LogP contribution in [-0.4, -0.2) is 20.4 Å². The Bertz CT molecular complexity index is 486. The highest BCUT2D eigenvalue weighted by Gasteiger charge is 2.09. The van der Waals surface area contributed by atoms with E-state index in [1.165, 1.54) is 0 Å². The first kappa shape index (κ1) is 10.4. The monoisotopic (exact) mass is 284 g/mol. The van der Waals surface area contributed by atoms with Gasteiger partial charge in [0.2, 0.25) is 5.82 Å². The minimum absolute atomic E-state index is 0.423. The van der Waals surface area contributed by atoms with Gasteiger partial charge in [-0.15, -0.1) is 20.4 Å². The molecule has 15 heavy (non-hydrogen) atoms. The van der Waals surface area contributed by atoms with Crippen molar-refractivity contribution in [2.75, 3.05) is 0 Å². The molecule has 0 aliphatic heterocycles. The molecule has 0 aliphatic rings. The maximum Gasteiger partial charge on any atom is 0.205 e. The molecule has 4 nitrogen and oxygen atoms in total. The third-order valence-corrected chi connectivity index (χ3v) is 3.07. The SMILES string of the molecule is Cc1nnc(-c2cccc(Br)c2Cl)nn1. The van der Waals surface area contributed by atoms with E-state index in [0.29, 0.717) is 22.2 Å². The molecule has 1 aromatic heterocycles. The van der Waals surface area contributed by atoms with E-state index in [9.17, 15) is 0 Å². The minimum atomic E-state index is 0.423. The molecule has 0 saturated carbocycles. The Labute approximate surface area is 99.8 Å². The average Bonchev–Trinajstić information content (AvgIpc) is 2.24. The Morgan fingerprint density at radius 2 is 1.80 bits per heavy atom. The Morgan fingerprint density at radius 1 is 1.13 bits per heavy atom. The van der Waals surface area contributed by atoms with Crippen LogP contribution in [0.3, 0.4) is 0 Å². The van der Waals surface area contributed by atoms with Gasteiger partial charge in [-0.2, -0.15) is 0 Å². The van der Waals surface area contributed by atoms with Crippen LogP contribution in [0, 0.1) is 6.92 Å². The molecule has 0 N–H and O–H groups in total. The maximum absolute atomic E-state index is 6.09. The Hall–Kier alpha value is -1.07. The lowest BCUT2D eigenvalue weighted by Crippen LogP contribution is -1.98. The van der Waals surface area contributed by atoms with E-state index >= 15 is 0 Å². The molecule has 0 atom stereocenters. The Kier molecular flexibility index (Phi) is 2.93. The summed E-state index contributed by atoms with van der Waals surface area (Å²) >= 11 is 9.41. The molecule has 0 bridgehead atoms. The summed E-state index contributed by atoms with van der Waals surface area (Å²) in [5, 5.41) is 16.1. The van der Waals surface area contributed by atoms with Crippen LogP contribution < -0.4 is 0 Å². The average molecular weight is 286 g/mol. The number of aromatic nitrogens is 4. The number of aryl methyl sites for hydroxylation is 1. The first-order chi connectivity index (χ1) is 7.18. The van der Waals surface area contributed by atoms with Crippen LogP contribution >= 0.6 is 27.5 Å². The zero-order valence-electron chi connectivity index (χ0n) is 7.78. The quantitative estimate of drug-likeness (QED) is 0.808. The minimum Gasteiger partial charge on any atom is -0.131 e. The molecular weight excluding hydrogens is 279 g/mol. The summed E-state index contributed by atoms with van der Waals surface area (Å²) in [6, 6.07) is 5.52. The van der Waals surface area contributed by atoms with Crippen LogP contribution in [0.15, 0.2) is 22.7 Å². The summed E-state index contributed by atoms with van der Waals surface area (Å²) in [4.78, 5) is 0. The summed E-state index contributed by atoms with van der Waals surface area (Å²) in [5.41, 5.74) is 0.714. The van der Waals surface area contributed by atoms with E-state index in [-0.39, 0.29) is 0 Å². The van der Waals surface area contributed by atoms with Crippen molar-refractivity contribution in [2.45, 2.75) is 6.92 Å². The van der Waals surface area contributed by atoms with Gasteiger partial charge in [-0.1, -0.05) is 17.7 Å². The van der Waals surface area contributed by atoms with E-state index < -0.39 is 0 Å². The van der Waals surface area contributed by atoms with E-state index in [1.54, 1.807) is 6.92 Å². The fourth-order valence-corrected chi connectivity index (χ4v) is 1.64. The number of benzene rings is 1. The molecule has 0 aliphatic carbocycles. The third kappa shape index (κ3) is 2.13. The molecule has 1 aromatic carbocycles. The normalized spacial score (nSPS) is 10.3. The van der Waals surface area contributed by atoms with E-state index in [4.69, 9.17) is 11.6 Å². The first-order valence-electron chi connectivity index (χ1n) is 4.17. The van der Waals surface area contributed by atoms with Crippen molar-refractivity contribution in [1.29, 1.82) is 0 Å². The Balaban J connectivity index is 2.54. The lowest BCUT2D eigenvalue weighted by Gasteiger charge is -2.02. The molecule has 0 unspecified atom stereocenters. The van der Waals surface area contributed by atoms with Crippen LogP contribution in [0.1, 0.15) is 5.82 Å². The van der Waals surface area contributed by atoms with Gasteiger partial charge in [0, 0.05) is 10.0 Å². The molecule has 6 heteroatoms. The van der Waals surface area contributed by atoms with Gasteiger partial charge in [-0.3, -0.25) is 0 Å². The Morgan fingerprint density at radius 3 is 2.47 bits per heavy atom. The van der Waals surface area contributed by atoms with Crippen LogP contribution in [0.4, 0.5) is 0 Å². The van der Waals surface area contributed by atoms with Gasteiger partial charge < -0.3 is 0 Å². The summed E-state index contributed by atoms with van der Waals surface area (Å²) in [6.45, 7) is 1.73. The van der Waals surface area contributed by atoms with Crippen LogP contribution in [0.2, 0.25) is 5.02 Å². The molecule has 2 rings (SSSR count). The summed E-state index contributed by atoms with van der Waals surface area (Å²) < 4.78 is 0.797. The number of halogens is 2. The molecule has 1 heterocycles. The first-order valence-corrected chi connectivity index (χ1v) is 5.34.